The molecule has 0 aliphatic rings. The van der Waals surface area contributed by atoms with E-state index in [9.17, 15) is 9.18 Å². The van der Waals surface area contributed by atoms with Crippen molar-refractivity contribution in [1.82, 2.24) is 0 Å². The van der Waals surface area contributed by atoms with Crippen molar-refractivity contribution < 1.29 is 9.18 Å². The maximum absolute atomic E-state index is 13.1. The third-order valence-electron chi connectivity index (χ3n) is 1.52. The predicted molar refractivity (Wildman–Crippen MR) is 52.5 cm³/mol. The van der Waals surface area contributed by atoms with Gasteiger partial charge in [-0.3, -0.25) is 4.79 Å². The van der Waals surface area contributed by atoms with E-state index in [0.29, 0.717) is 0 Å². The first-order chi connectivity index (χ1) is 6.07. The van der Waals surface area contributed by atoms with Crippen molar-refractivity contribution in [2.75, 3.05) is 6.54 Å². The Kier molecular flexibility index (Phi) is 3.41. The largest absolute Gasteiger partial charge is 0.324 e. The Balaban J connectivity index is 3.26. The van der Waals surface area contributed by atoms with E-state index in [4.69, 9.17) is 17.3 Å². The standard InChI is InChI=1S/C8H6BrClFNO/c9-7-4(6(13)3-12)1-2-5(10)8(7)11/h1-2H,3,12H2. The first-order valence-corrected chi connectivity index (χ1v) is 4.61. The van der Waals surface area contributed by atoms with Crippen LogP contribution < -0.4 is 5.73 Å². The molecule has 0 aromatic heterocycles. The van der Waals surface area contributed by atoms with Gasteiger partial charge in [0.25, 0.3) is 0 Å². The number of hydrogen-bond donors (Lipinski definition) is 1. The van der Waals surface area contributed by atoms with Gasteiger partial charge in [-0.2, -0.15) is 0 Å². The normalized spacial score (nSPS) is 10.2. The van der Waals surface area contributed by atoms with Gasteiger partial charge in [-0.1, -0.05) is 11.6 Å². The predicted octanol–water partition coefficient (Wildman–Crippen LogP) is 2.38. The molecule has 0 radical (unpaired) electrons. The van der Waals surface area contributed by atoms with Gasteiger partial charge in [0.05, 0.1) is 16.0 Å². The summed E-state index contributed by atoms with van der Waals surface area (Å²) in [4.78, 5) is 11.1. The molecule has 0 unspecified atom stereocenters. The van der Waals surface area contributed by atoms with Crippen LogP contribution >= 0.6 is 27.5 Å². The molecule has 13 heavy (non-hydrogen) atoms. The average Bonchev–Trinajstić information content (AvgIpc) is 2.13. The van der Waals surface area contributed by atoms with Crippen LogP contribution in [-0.2, 0) is 0 Å². The Bertz CT molecular complexity index is 356. The van der Waals surface area contributed by atoms with Crippen molar-refractivity contribution in [1.29, 1.82) is 0 Å². The highest BCUT2D eigenvalue weighted by atomic mass is 79.9. The third kappa shape index (κ3) is 2.07. The molecule has 1 aromatic rings. The minimum atomic E-state index is -0.638. The van der Waals surface area contributed by atoms with Gasteiger partial charge in [-0.25, -0.2) is 4.39 Å². The topological polar surface area (TPSA) is 43.1 Å². The van der Waals surface area contributed by atoms with E-state index in [1.807, 2.05) is 0 Å². The van der Waals surface area contributed by atoms with Crippen LogP contribution in [0.2, 0.25) is 5.02 Å². The second kappa shape index (κ2) is 4.17. The number of ketones is 1. The van der Waals surface area contributed by atoms with Crippen molar-refractivity contribution in [3.63, 3.8) is 0 Å². The van der Waals surface area contributed by atoms with Crippen LogP contribution in [0.4, 0.5) is 4.39 Å². The smallest absolute Gasteiger partial charge is 0.177 e. The molecule has 0 spiro atoms. The zero-order valence-corrected chi connectivity index (χ0v) is 8.82. The number of rotatable bonds is 2. The number of benzene rings is 1. The van der Waals surface area contributed by atoms with Crippen molar-refractivity contribution in [3.05, 3.63) is 33.0 Å². The summed E-state index contributed by atoms with van der Waals surface area (Å²) in [5.74, 6) is -0.969. The summed E-state index contributed by atoms with van der Waals surface area (Å²) in [7, 11) is 0. The van der Waals surface area contributed by atoms with E-state index in [0.717, 1.165) is 0 Å². The van der Waals surface area contributed by atoms with Gasteiger partial charge in [-0.15, -0.1) is 0 Å². The highest BCUT2D eigenvalue weighted by Crippen LogP contribution is 2.26. The monoisotopic (exact) mass is 265 g/mol. The summed E-state index contributed by atoms with van der Waals surface area (Å²) >= 11 is 8.42. The van der Waals surface area contributed by atoms with E-state index < -0.39 is 5.82 Å². The number of nitrogens with two attached hydrogens (primary N) is 1. The van der Waals surface area contributed by atoms with E-state index in [2.05, 4.69) is 15.9 Å². The Morgan fingerprint density at radius 3 is 2.77 bits per heavy atom. The number of halogens is 3. The lowest BCUT2D eigenvalue weighted by molar-refractivity contribution is 0.1000. The molecule has 2 nitrogen and oxygen atoms in total. The fourth-order valence-corrected chi connectivity index (χ4v) is 1.69. The average molecular weight is 266 g/mol. The number of hydrogen-bond acceptors (Lipinski definition) is 2. The van der Waals surface area contributed by atoms with Crippen LogP contribution in [0, 0.1) is 5.82 Å². The minimum absolute atomic E-state index is 0.0274. The van der Waals surface area contributed by atoms with Crippen LogP contribution in [0.3, 0.4) is 0 Å². The summed E-state index contributed by atoms with van der Waals surface area (Å²) < 4.78 is 13.2. The second-order valence-corrected chi connectivity index (χ2v) is 3.55. The SMILES string of the molecule is NCC(=O)c1ccc(Cl)c(F)c1Br. The molecule has 0 amide bonds. The Labute approximate surface area is 88.0 Å². The molecule has 0 atom stereocenters. The van der Waals surface area contributed by atoms with Crippen LogP contribution in [-0.4, -0.2) is 12.3 Å². The molecular formula is C8H6BrClFNO. The summed E-state index contributed by atoms with van der Waals surface area (Å²) in [6.07, 6.45) is 0. The Morgan fingerprint density at radius 1 is 1.62 bits per heavy atom. The van der Waals surface area contributed by atoms with Gasteiger partial charge in [0.2, 0.25) is 0 Å². The molecular weight excluding hydrogens is 260 g/mol. The lowest BCUT2D eigenvalue weighted by atomic mass is 10.1. The zero-order chi connectivity index (χ0) is 10.0. The van der Waals surface area contributed by atoms with Crippen LogP contribution in [0.1, 0.15) is 10.4 Å². The molecule has 0 saturated heterocycles. The summed E-state index contributed by atoms with van der Waals surface area (Å²) in [6.45, 7) is -0.153. The minimum Gasteiger partial charge on any atom is -0.324 e. The van der Waals surface area contributed by atoms with Gasteiger partial charge in [0.15, 0.2) is 11.6 Å². The first kappa shape index (κ1) is 10.6. The van der Waals surface area contributed by atoms with Crippen molar-refractivity contribution >= 4 is 33.3 Å². The zero-order valence-electron chi connectivity index (χ0n) is 6.48. The summed E-state index contributed by atoms with van der Waals surface area (Å²) in [5, 5.41) is -0.0274. The van der Waals surface area contributed by atoms with Gasteiger partial charge in [-0.05, 0) is 28.1 Å². The second-order valence-electron chi connectivity index (χ2n) is 2.35. The molecule has 0 heterocycles. The fraction of sp³-hybridized carbons (Fsp3) is 0.125. The van der Waals surface area contributed by atoms with Gasteiger partial charge < -0.3 is 5.73 Å². The number of carbonyl (C=O) groups is 1. The lowest BCUT2D eigenvalue weighted by Gasteiger charge is -2.03. The van der Waals surface area contributed by atoms with E-state index >= 15 is 0 Å². The van der Waals surface area contributed by atoms with Crippen molar-refractivity contribution in [3.8, 4) is 0 Å². The van der Waals surface area contributed by atoms with Crippen LogP contribution in [0.5, 0.6) is 0 Å². The fourth-order valence-electron chi connectivity index (χ4n) is 0.851. The molecule has 1 aromatic carbocycles. The maximum atomic E-state index is 13.1. The van der Waals surface area contributed by atoms with Crippen LogP contribution in [0.15, 0.2) is 16.6 Å². The number of Topliss-reactive ketones (excluding diaryl/α,β-unsaturated/α-hetero) is 1. The van der Waals surface area contributed by atoms with E-state index in [-0.39, 0.29) is 27.4 Å². The third-order valence-corrected chi connectivity index (χ3v) is 2.59. The van der Waals surface area contributed by atoms with E-state index in [1.54, 1.807) is 0 Å². The van der Waals surface area contributed by atoms with Crippen molar-refractivity contribution in [2.24, 2.45) is 5.73 Å². The molecule has 5 heteroatoms. The molecule has 0 bridgehead atoms. The summed E-state index contributed by atoms with van der Waals surface area (Å²) in [6, 6.07) is 2.76. The Morgan fingerprint density at radius 2 is 2.23 bits per heavy atom. The first-order valence-electron chi connectivity index (χ1n) is 3.44. The molecule has 0 fully saturated rings. The molecule has 0 aliphatic heterocycles. The number of carbonyl (C=O) groups excluding carboxylic acids is 1. The lowest BCUT2D eigenvalue weighted by Crippen LogP contribution is -2.14. The molecule has 70 valence electrons. The quantitative estimate of drug-likeness (QED) is 0.660. The molecule has 1 rings (SSSR count). The maximum Gasteiger partial charge on any atom is 0.177 e. The highest BCUT2D eigenvalue weighted by molar-refractivity contribution is 9.10. The highest BCUT2D eigenvalue weighted by Gasteiger charge is 2.14. The summed E-state index contributed by atoms with van der Waals surface area (Å²) in [5.41, 5.74) is 5.35. The Hall–Kier alpha value is -0.450. The van der Waals surface area contributed by atoms with Gasteiger partial charge in [0.1, 0.15) is 0 Å². The van der Waals surface area contributed by atoms with Gasteiger partial charge in [0, 0.05) is 5.56 Å². The molecule has 0 saturated carbocycles. The molecule has 0 aliphatic carbocycles. The van der Waals surface area contributed by atoms with Crippen molar-refractivity contribution in [2.45, 2.75) is 0 Å². The van der Waals surface area contributed by atoms with Crippen LogP contribution in [0.25, 0.3) is 0 Å². The van der Waals surface area contributed by atoms with E-state index in [1.165, 1.54) is 12.1 Å². The van der Waals surface area contributed by atoms with Gasteiger partial charge >= 0.3 is 0 Å². The molecule has 2 N–H and O–H groups in total.